The number of nitrogens with zero attached hydrogens (tertiary/aromatic N) is 1. The van der Waals surface area contributed by atoms with Crippen LogP contribution in [0.1, 0.15) is 62.0 Å². The summed E-state index contributed by atoms with van der Waals surface area (Å²) in [5.41, 5.74) is 3.04. The van der Waals surface area contributed by atoms with Crippen LogP contribution in [-0.2, 0) is 22.6 Å². The summed E-state index contributed by atoms with van der Waals surface area (Å²) in [6, 6.07) is 5.93. The molecule has 5 nitrogen and oxygen atoms in total. The van der Waals surface area contributed by atoms with Crippen LogP contribution in [-0.4, -0.2) is 29.2 Å². The lowest BCUT2D eigenvalue weighted by molar-refractivity contribution is -0.125. The molecule has 1 aromatic rings. The van der Waals surface area contributed by atoms with Crippen molar-refractivity contribution in [2.24, 2.45) is 0 Å². The molecule has 3 amide bonds. The van der Waals surface area contributed by atoms with E-state index >= 15 is 0 Å². The minimum atomic E-state index is -0.311. The van der Waals surface area contributed by atoms with Crippen molar-refractivity contribution < 1.29 is 14.4 Å². The molecule has 0 spiro atoms. The van der Waals surface area contributed by atoms with Crippen LogP contribution in [0.2, 0.25) is 0 Å². The van der Waals surface area contributed by atoms with Gasteiger partial charge in [0.25, 0.3) is 5.91 Å². The molecule has 0 fully saturated rings. The molecule has 1 aliphatic heterocycles. The number of benzene rings is 1. The average molecular weight is 318 g/mol. The topological polar surface area (TPSA) is 66.5 Å². The Morgan fingerprint density at radius 2 is 2.09 bits per heavy atom. The van der Waals surface area contributed by atoms with Gasteiger partial charge in [0.15, 0.2) is 0 Å². The van der Waals surface area contributed by atoms with Gasteiger partial charge in [-0.15, -0.1) is 0 Å². The number of imide groups is 1. The molecular weight excluding hydrogens is 292 g/mol. The third-order valence-electron chi connectivity index (χ3n) is 3.95. The fraction of sp³-hybridized carbons (Fsp3) is 0.500. The molecule has 23 heavy (non-hydrogen) atoms. The van der Waals surface area contributed by atoms with E-state index in [1.54, 1.807) is 4.90 Å². The second-order valence-electron chi connectivity index (χ2n) is 5.35. The van der Waals surface area contributed by atoms with Crippen LogP contribution in [0.25, 0.3) is 0 Å². The molecule has 1 heterocycles. The van der Waals surface area contributed by atoms with Crippen molar-refractivity contribution in [2.45, 2.75) is 59.5 Å². The van der Waals surface area contributed by atoms with E-state index < -0.39 is 0 Å². The first-order valence-electron chi connectivity index (χ1n) is 8.22. The number of carbonyl (C=O) groups is 3. The molecule has 0 aromatic heterocycles. The summed E-state index contributed by atoms with van der Waals surface area (Å²) >= 11 is 0. The lowest BCUT2D eigenvalue weighted by atomic mass is 10.0. The van der Waals surface area contributed by atoms with Crippen LogP contribution in [0.15, 0.2) is 18.2 Å². The van der Waals surface area contributed by atoms with Crippen LogP contribution in [0, 0.1) is 0 Å². The molecule has 1 aromatic carbocycles. The number of carbonyl (C=O) groups excluding carboxylic acids is 3. The van der Waals surface area contributed by atoms with E-state index in [0.29, 0.717) is 19.4 Å². The summed E-state index contributed by atoms with van der Waals surface area (Å²) in [5, 5.41) is 2.11. The van der Waals surface area contributed by atoms with Gasteiger partial charge in [-0.25, -0.2) is 0 Å². The van der Waals surface area contributed by atoms with Gasteiger partial charge in [0.05, 0.1) is 0 Å². The van der Waals surface area contributed by atoms with E-state index in [2.05, 4.69) is 18.3 Å². The van der Waals surface area contributed by atoms with Crippen LogP contribution in [0.5, 0.6) is 0 Å². The van der Waals surface area contributed by atoms with Crippen molar-refractivity contribution in [3.05, 3.63) is 34.9 Å². The molecule has 1 N–H and O–H groups in total. The van der Waals surface area contributed by atoms with Crippen molar-refractivity contribution in [2.75, 3.05) is 0 Å². The van der Waals surface area contributed by atoms with Gasteiger partial charge in [0.2, 0.25) is 12.3 Å². The number of aryl methyl sites for hydroxylation is 1. The maximum Gasteiger partial charge on any atom is 0.254 e. The second kappa shape index (κ2) is 9.08. The zero-order valence-electron chi connectivity index (χ0n) is 14.4. The van der Waals surface area contributed by atoms with Crippen LogP contribution < -0.4 is 5.32 Å². The Hall–Kier alpha value is -2.17. The Kier molecular flexibility index (Phi) is 7.45. The van der Waals surface area contributed by atoms with Crippen LogP contribution in [0.4, 0.5) is 0 Å². The molecule has 126 valence electrons. The molecule has 1 unspecified atom stereocenters. The van der Waals surface area contributed by atoms with E-state index in [-0.39, 0.29) is 24.3 Å². The van der Waals surface area contributed by atoms with Crippen molar-refractivity contribution in [3.8, 4) is 0 Å². The summed E-state index contributed by atoms with van der Waals surface area (Å²) in [6.45, 7) is 8.61. The normalized spacial score (nSPS) is 13.7. The Labute approximate surface area is 138 Å². The first-order chi connectivity index (χ1) is 11.1. The molecule has 0 saturated carbocycles. The SMILES string of the molecule is CC.CCc1ccc2c(c1)CN(C(C)CCC(=O)NC=O)C2=O. The summed E-state index contributed by atoms with van der Waals surface area (Å²) in [7, 11) is 0. The molecule has 0 bridgehead atoms. The third kappa shape index (κ3) is 4.65. The van der Waals surface area contributed by atoms with E-state index in [1.807, 2.05) is 32.9 Å². The Morgan fingerprint density at radius 1 is 1.39 bits per heavy atom. The molecule has 5 heteroatoms. The lowest BCUT2D eigenvalue weighted by Gasteiger charge is -2.23. The number of nitrogens with one attached hydrogen (secondary N) is 1. The van der Waals surface area contributed by atoms with Crippen LogP contribution in [0.3, 0.4) is 0 Å². The average Bonchev–Trinajstić information content (AvgIpc) is 2.91. The minimum absolute atomic E-state index is 0.0240. The lowest BCUT2D eigenvalue weighted by Crippen LogP contribution is -2.34. The highest BCUT2D eigenvalue weighted by molar-refractivity contribution is 5.98. The predicted octanol–water partition coefficient (Wildman–Crippen LogP) is 2.67. The van der Waals surface area contributed by atoms with Gasteiger partial charge in [0.1, 0.15) is 0 Å². The fourth-order valence-corrected chi connectivity index (χ4v) is 2.61. The Balaban J connectivity index is 0.00000127. The van der Waals surface area contributed by atoms with E-state index in [4.69, 9.17) is 0 Å². The number of amides is 3. The number of fused-ring (bicyclic) bond motifs is 1. The standard InChI is InChI=1S/C16H20N2O3.C2H6/c1-3-12-5-6-14-13(8-12)9-18(16(14)21)11(2)4-7-15(20)17-10-19;1-2/h5-6,8,10-11H,3-4,7,9H2,1-2H3,(H,17,19,20);1-2H3. The summed E-state index contributed by atoms with van der Waals surface area (Å²) in [5.74, 6) is -0.287. The molecule has 1 aliphatic rings. The maximum absolute atomic E-state index is 12.4. The van der Waals surface area contributed by atoms with Crippen molar-refractivity contribution in [1.29, 1.82) is 0 Å². The summed E-state index contributed by atoms with van der Waals surface area (Å²) in [6.07, 6.45) is 2.11. The number of rotatable bonds is 6. The molecule has 0 saturated heterocycles. The molecule has 2 rings (SSSR count). The van der Waals surface area contributed by atoms with Crippen LogP contribution >= 0.6 is 0 Å². The van der Waals surface area contributed by atoms with Crippen molar-refractivity contribution >= 4 is 18.2 Å². The monoisotopic (exact) mass is 318 g/mol. The van der Waals surface area contributed by atoms with Gasteiger partial charge in [-0.05, 0) is 37.0 Å². The number of hydrogen-bond acceptors (Lipinski definition) is 3. The van der Waals surface area contributed by atoms with Gasteiger partial charge in [-0.2, -0.15) is 0 Å². The highest BCUT2D eigenvalue weighted by Gasteiger charge is 2.30. The molecule has 0 aliphatic carbocycles. The quantitative estimate of drug-likeness (QED) is 0.820. The highest BCUT2D eigenvalue weighted by Crippen LogP contribution is 2.27. The van der Waals surface area contributed by atoms with E-state index in [9.17, 15) is 14.4 Å². The third-order valence-corrected chi connectivity index (χ3v) is 3.95. The number of hydrogen-bond donors (Lipinski definition) is 1. The predicted molar refractivity (Wildman–Crippen MR) is 89.9 cm³/mol. The zero-order chi connectivity index (χ0) is 17.4. The Bertz CT molecular complexity index is 569. The van der Waals surface area contributed by atoms with Crippen molar-refractivity contribution in [3.63, 3.8) is 0 Å². The Morgan fingerprint density at radius 3 is 2.70 bits per heavy atom. The summed E-state index contributed by atoms with van der Waals surface area (Å²) in [4.78, 5) is 35.6. The largest absolute Gasteiger partial charge is 0.332 e. The molecule has 1 atom stereocenters. The van der Waals surface area contributed by atoms with Gasteiger partial charge in [0, 0.05) is 24.6 Å². The van der Waals surface area contributed by atoms with Gasteiger partial charge in [-0.1, -0.05) is 32.9 Å². The molecule has 0 radical (unpaired) electrons. The maximum atomic E-state index is 12.4. The summed E-state index contributed by atoms with van der Waals surface area (Å²) < 4.78 is 0. The van der Waals surface area contributed by atoms with Gasteiger partial charge in [-0.3, -0.25) is 19.7 Å². The fourth-order valence-electron chi connectivity index (χ4n) is 2.61. The first kappa shape index (κ1) is 18.9. The van der Waals surface area contributed by atoms with E-state index in [1.165, 1.54) is 5.56 Å². The smallest absolute Gasteiger partial charge is 0.254 e. The second-order valence-corrected chi connectivity index (χ2v) is 5.35. The zero-order valence-corrected chi connectivity index (χ0v) is 14.4. The van der Waals surface area contributed by atoms with E-state index in [0.717, 1.165) is 17.5 Å². The van der Waals surface area contributed by atoms with Crippen molar-refractivity contribution in [1.82, 2.24) is 10.2 Å². The minimum Gasteiger partial charge on any atom is -0.332 e. The highest BCUT2D eigenvalue weighted by atomic mass is 16.2. The molecular formula is C18H26N2O3. The van der Waals surface area contributed by atoms with Gasteiger partial charge < -0.3 is 4.90 Å². The van der Waals surface area contributed by atoms with Gasteiger partial charge >= 0.3 is 0 Å². The first-order valence-corrected chi connectivity index (χ1v) is 8.22.